The molecular weight excluding hydrogens is 282 g/mol. The number of carbonyl (C=O) groups is 1. The summed E-state index contributed by atoms with van der Waals surface area (Å²) in [5.74, 6) is 0.848. The Morgan fingerprint density at radius 1 is 1.41 bits per heavy atom. The van der Waals surface area contributed by atoms with Crippen LogP contribution in [0.5, 0.6) is 0 Å². The first-order valence-corrected chi connectivity index (χ1v) is 7.22. The number of aromatic nitrogens is 1. The average Bonchev–Trinajstić information content (AvgIpc) is 2.38. The van der Waals surface area contributed by atoms with Crippen LogP contribution < -0.4 is 16.7 Å². The molecule has 0 saturated heterocycles. The normalized spacial score (nSPS) is 14.4. The molecule has 22 heavy (non-hydrogen) atoms. The van der Waals surface area contributed by atoms with Crippen molar-refractivity contribution in [2.45, 2.75) is 32.1 Å². The number of nitrogens with two attached hydrogens (primary N) is 1. The van der Waals surface area contributed by atoms with Gasteiger partial charge in [0, 0.05) is 5.92 Å². The lowest BCUT2D eigenvalue weighted by atomic mass is 9.83. The maximum atomic E-state index is 12.3. The molecule has 1 aliphatic carbocycles. The lowest BCUT2D eigenvalue weighted by Gasteiger charge is -2.24. The summed E-state index contributed by atoms with van der Waals surface area (Å²) in [6, 6.07) is 4.99. The monoisotopic (exact) mass is 299 g/mol. The number of amides is 1. The molecule has 0 unspecified atom stereocenters. The van der Waals surface area contributed by atoms with Gasteiger partial charge in [0.2, 0.25) is 0 Å². The van der Waals surface area contributed by atoms with Crippen LogP contribution in [-0.4, -0.2) is 10.9 Å². The van der Waals surface area contributed by atoms with E-state index in [1.54, 1.807) is 25.1 Å². The summed E-state index contributed by atoms with van der Waals surface area (Å²) in [4.78, 5) is 28.3. The van der Waals surface area contributed by atoms with Crippen molar-refractivity contribution < 1.29 is 9.21 Å². The van der Waals surface area contributed by atoms with E-state index in [1.165, 1.54) is 6.20 Å². The van der Waals surface area contributed by atoms with E-state index in [0.717, 1.165) is 19.3 Å². The highest BCUT2D eigenvalue weighted by Crippen LogP contribution is 2.36. The third-order valence-electron chi connectivity index (χ3n) is 3.95. The van der Waals surface area contributed by atoms with Crippen LogP contribution in [0.15, 0.2) is 33.6 Å². The summed E-state index contributed by atoms with van der Waals surface area (Å²) < 4.78 is 5.32. The fraction of sp³-hybridized carbons (Fsp3) is 0.312. The number of hydrogen-bond donors (Lipinski definition) is 2. The number of nitrogen functional groups attached to an aromatic ring is 1. The van der Waals surface area contributed by atoms with Crippen molar-refractivity contribution in [3.8, 4) is 0 Å². The van der Waals surface area contributed by atoms with Crippen LogP contribution in [0.4, 0.5) is 11.5 Å². The summed E-state index contributed by atoms with van der Waals surface area (Å²) in [5.41, 5.74) is 6.02. The molecule has 114 valence electrons. The summed E-state index contributed by atoms with van der Waals surface area (Å²) in [6.07, 6.45) is 4.66. The molecule has 0 bridgehead atoms. The van der Waals surface area contributed by atoms with Crippen molar-refractivity contribution in [1.29, 1.82) is 0 Å². The highest BCUT2D eigenvalue weighted by atomic mass is 16.4. The predicted molar refractivity (Wildman–Crippen MR) is 82.9 cm³/mol. The molecule has 2 aromatic heterocycles. The van der Waals surface area contributed by atoms with Gasteiger partial charge in [0.25, 0.3) is 5.91 Å². The van der Waals surface area contributed by atoms with Gasteiger partial charge in [0.15, 0.2) is 0 Å². The van der Waals surface area contributed by atoms with Gasteiger partial charge in [0.05, 0.1) is 11.9 Å². The zero-order chi connectivity index (χ0) is 15.7. The van der Waals surface area contributed by atoms with Crippen LogP contribution in [0.25, 0.3) is 0 Å². The van der Waals surface area contributed by atoms with Gasteiger partial charge in [-0.2, -0.15) is 0 Å². The van der Waals surface area contributed by atoms with Crippen molar-refractivity contribution >= 4 is 17.4 Å². The lowest BCUT2D eigenvalue weighted by molar-refractivity contribution is 0.102. The van der Waals surface area contributed by atoms with Crippen LogP contribution in [0.3, 0.4) is 0 Å². The highest BCUT2D eigenvalue weighted by Gasteiger charge is 2.25. The molecule has 6 heteroatoms. The third-order valence-corrected chi connectivity index (χ3v) is 3.95. The summed E-state index contributed by atoms with van der Waals surface area (Å²) in [7, 11) is 0. The predicted octanol–water partition coefficient (Wildman–Crippen LogP) is 2.45. The van der Waals surface area contributed by atoms with Gasteiger partial charge in [-0.3, -0.25) is 4.79 Å². The second-order valence-corrected chi connectivity index (χ2v) is 5.55. The topological polar surface area (TPSA) is 98.2 Å². The Balaban J connectivity index is 1.85. The zero-order valence-corrected chi connectivity index (χ0v) is 12.3. The number of aryl methyl sites for hydroxylation is 1. The Morgan fingerprint density at radius 2 is 2.18 bits per heavy atom. The molecule has 1 aliphatic rings. The Bertz CT molecular complexity index is 761. The smallest absolute Gasteiger partial charge is 0.349 e. The minimum atomic E-state index is -0.595. The van der Waals surface area contributed by atoms with Crippen molar-refractivity contribution in [3.63, 3.8) is 0 Å². The van der Waals surface area contributed by atoms with Gasteiger partial charge in [0.1, 0.15) is 17.1 Å². The van der Waals surface area contributed by atoms with E-state index in [0.29, 0.717) is 28.7 Å². The van der Waals surface area contributed by atoms with Gasteiger partial charge in [-0.05, 0) is 43.5 Å². The largest absolute Gasteiger partial charge is 0.427 e. The summed E-state index contributed by atoms with van der Waals surface area (Å²) >= 11 is 0. The van der Waals surface area contributed by atoms with E-state index in [9.17, 15) is 9.59 Å². The number of pyridine rings is 1. The van der Waals surface area contributed by atoms with E-state index < -0.39 is 11.5 Å². The number of nitrogens with zero attached hydrogens (tertiary/aromatic N) is 1. The summed E-state index contributed by atoms with van der Waals surface area (Å²) in [5, 5.41) is 2.63. The maximum Gasteiger partial charge on any atom is 0.349 e. The van der Waals surface area contributed by atoms with Crippen LogP contribution in [0, 0.1) is 6.92 Å². The van der Waals surface area contributed by atoms with E-state index in [1.807, 2.05) is 0 Å². The van der Waals surface area contributed by atoms with E-state index >= 15 is 0 Å². The number of anilines is 2. The number of rotatable bonds is 3. The maximum absolute atomic E-state index is 12.3. The molecule has 1 fully saturated rings. The molecule has 0 spiro atoms. The van der Waals surface area contributed by atoms with Crippen molar-refractivity contribution in [1.82, 2.24) is 4.98 Å². The molecule has 1 saturated carbocycles. The van der Waals surface area contributed by atoms with Crippen molar-refractivity contribution in [2.24, 2.45) is 0 Å². The SMILES string of the molecule is Cc1cc(C2CCC2)oc(=O)c1C(=O)Nc1ccc(N)nc1. The second-order valence-electron chi connectivity index (χ2n) is 5.55. The quantitative estimate of drug-likeness (QED) is 0.907. The molecule has 0 radical (unpaired) electrons. The fourth-order valence-corrected chi connectivity index (χ4v) is 2.47. The molecule has 0 atom stereocenters. The Hall–Kier alpha value is -2.63. The molecule has 2 aromatic rings. The first-order valence-electron chi connectivity index (χ1n) is 7.22. The van der Waals surface area contributed by atoms with E-state index in [2.05, 4.69) is 10.3 Å². The van der Waals surface area contributed by atoms with Crippen molar-refractivity contribution in [2.75, 3.05) is 11.1 Å². The minimum absolute atomic E-state index is 0.0277. The van der Waals surface area contributed by atoms with Crippen LogP contribution in [0.1, 0.15) is 46.9 Å². The average molecular weight is 299 g/mol. The van der Waals surface area contributed by atoms with Gasteiger partial charge in [-0.25, -0.2) is 9.78 Å². The molecule has 2 heterocycles. The third kappa shape index (κ3) is 2.72. The van der Waals surface area contributed by atoms with Gasteiger partial charge < -0.3 is 15.5 Å². The molecule has 3 rings (SSSR count). The zero-order valence-electron chi connectivity index (χ0n) is 12.3. The number of hydrogen-bond acceptors (Lipinski definition) is 5. The highest BCUT2D eigenvalue weighted by molar-refractivity contribution is 6.04. The molecule has 6 nitrogen and oxygen atoms in total. The Labute approximate surface area is 127 Å². The van der Waals surface area contributed by atoms with Crippen LogP contribution >= 0.6 is 0 Å². The first kappa shape index (κ1) is 14.3. The number of carbonyl (C=O) groups excluding carboxylic acids is 1. The van der Waals surface area contributed by atoms with Crippen LogP contribution in [-0.2, 0) is 0 Å². The standard InChI is InChI=1S/C16H17N3O3/c1-9-7-12(10-3-2-4-10)22-16(21)14(9)15(20)19-11-5-6-13(17)18-8-11/h5-8,10H,2-4H2,1H3,(H2,17,18)(H,19,20). The Kier molecular flexibility index (Phi) is 3.66. The fourth-order valence-electron chi connectivity index (χ4n) is 2.47. The molecule has 0 aromatic carbocycles. The van der Waals surface area contributed by atoms with Gasteiger partial charge in [-0.1, -0.05) is 6.42 Å². The second kappa shape index (κ2) is 5.63. The summed E-state index contributed by atoms with van der Waals surface area (Å²) in [6.45, 7) is 1.75. The minimum Gasteiger partial charge on any atom is -0.427 e. The molecule has 1 amide bonds. The van der Waals surface area contributed by atoms with E-state index in [4.69, 9.17) is 10.2 Å². The van der Waals surface area contributed by atoms with Gasteiger partial charge in [-0.15, -0.1) is 0 Å². The number of nitrogens with one attached hydrogen (secondary N) is 1. The molecular formula is C16H17N3O3. The first-order chi connectivity index (χ1) is 10.5. The van der Waals surface area contributed by atoms with Crippen LogP contribution in [0.2, 0.25) is 0 Å². The molecule has 0 aliphatic heterocycles. The van der Waals surface area contributed by atoms with Gasteiger partial charge >= 0.3 is 5.63 Å². The van der Waals surface area contributed by atoms with E-state index in [-0.39, 0.29) is 5.56 Å². The van der Waals surface area contributed by atoms with Crippen molar-refractivity contribution in [3.05, 3.63) is 51.7 Å². The Morgan fingerprint density at radius 3 is 2.73 bits per heavy atom. The lowest BCUT2D eigenvalue weighted by Crippen LogP contribution is -2.24. The molecule has 3 N–H and O–H groups in total.